The van der Waals surface area contributed by atoms with Gasteiger partial charge in [0.2, 0.25) is 11.7 Å². The summed E-state index contributed by atoms with van der Waals surface area (Å²) in [5, 5.41) is -0.348. The Kier molecular flexibility index (Phi) is 7.28. The zero-order chi connectivity index (χ0) is 26.1. The second kappa shape index (κ2) is 10.2. The fourth-order valence-electron chi connectivity index (χ4n) is 4.42. The van der Waals surface area contributed by atoms with Gasteiger partial charge in [0.1, 0.15) is 16.9 Å². The number of halogens is 3. The summed E-state index contributed by atoms with van der Waals surface area (Å²) in [5.41, 5.74) is 6.45. The normalized spacial score (nSPS) is 18.9. The van der Waals surface area contributed by atoms with Crippen molar-refractivity contribution in [2.24, 2.45) is 0 Å². The number of nitrogen functional groups attached to an aromatic ring is 1. The first kappa shape index (κ1) is 25.6. The summed E-state index contributed by atoms with van der Waals surface area (Å²) in [5.74, 6) is -3.30. The maximum atomic E-state index is 14.6. The van der Waals surface area contributed by atoms with Crippen molar-refractivity contribution in [3.8, 4) is 0 Å². The summed E-state index contributed by atoms with van der Waals surface area (Å²) in [4.78, 5) is 54.9. The predicted octanol–water partition coefficient (Wildman–Crippen LogP) is 3.47. The van der Waals surface area contributed by atoms with Gasteiger partial charge in [-0.15, -0.1) is 0 Å². The smallest absolute Gasteiger partial charge is 0.356 e. The lowest BCUT2D eigenvalue weighted by Gasteiger charge is -2.33. The average Bonchev–Trinajstić information content (AvgIpc) is 3.29. The molecule has 2 aliphatic rings. The van der Waals surface area contributed by atoms with Crippen molar-refractivity contribution in [1.82, 2.24) is 9.88 Å². The third kappa shape index (κ3) is 4.78. The van der Waals surface area contributed by atoms with E-state index in [-0.39, 0.29) is 45.1 Å². The Morgan fingerprint density at radius 2 is 1.94 bits per heavy atom. The van der Waals surface area contributed by atoms with Gasteiger partial charge in [0.05, 0.1) is 17.7 Å². The number of ether oxygens (including phenoxy) is 2. The van der Waals surface area contributed by atoms with Gasteiger partial charge in [0, 0.05) is 23.4 Å². The molecule has 0 aliphatic carbocycles. The van der Waals surface area contributed by atoms with Crippen LogP contribution in [0.25, 0.3) is 5.57 Å². The Balaban J connectivity index is 1.44. The van der Waals surface area contributed by atoms with Crippen LogP contribution < -0.4 is 5.73 Å². The van der Waals surface area contributed by atoms with Crippen molar-refractivity contribution < 1.29 is 33.0 Å². The number of carbonyl (C=O) groups excluding carboxylic acids is 4. The SMILES string of the molecule is COC(=O)c1ccc(C(=O)COC(=O)[C@@H]2CCC3CC(c4c(N)ccc(Cl)c4F)=CC(=O)N32)c(Cl)n1. The lowest BCUT2D eigenvalue weighted by Crippen LogP contribution is -2.47. The van der Waals surface area contributed by atoms with Gasteiger partial charge >= 0.3 is 11.9 Å². The van der Waals surface area contributed by atoms with E-state index in [9.17, 15) is 23.6 Å². The van der Waals surface area contributed by atoms with E-state index in [0.29, 0.717) is 18.4 Å². The van der Waals surface area contributed by atoms with Crippen molar-refractivity contribution >= 4 is 58.1 Å². The average molecular weight is 536 g/mol. The van der Waals surface area contributed by atoms with Crippen LogP contribution in [-0.2, 0) is 19.1 Å². The standard InChI is InChI=1S/C24H20Cl2FN3O6/c1-35-23(33)16-6-3-13(22(26)29-16)18(31)10-36-24(34)17-7-2-12-8-11(9-19(32)30(12)17)20-15(28)5-4-14(25)21(20)27/h3-6,9,12,17H,2,7-8,10,28H2,1H3/t12?,17-/m0/s1. The van der Waals surface area contributed by atoms with Crippen molar-refractivity contribution in [3.05, 3.63) is 63.2 Å². The van der Waals surface area contributed by atoms with Gasteiger partial charge in [0.15, 0.2) is 12.4 Å². The molecule has 12 heteroatoms. The molecule has 2 aliphatic heterocycles. The highest BCUT2D eigenvalue weighted by Gasteiger charge is 2.44. The molecule has 0 bridgehead atoms. The van der Waals surface area contributed by atoms with Crippen LogP contribution in [0.1, 0.15) is 45.7 Å². The molecule has 2 N–H and O–H groups in total. The minimum absolute atomic E-state index is 0.0378. The van der Waals surface area contributed by atoms with Gasteiger partial charge in [0.25, 0.3) is 0 Å². The maximum absolute atomic E-state index is 14.6. The summed E-state index contributed by atoms with van der Waals surface area (Å²) >= 11 is 11.9. The molecule has 9 nitrogen and oxygen atoms in total. The first-order valence-corrected chi connectivity index (χ1v) is 11.6. The highest BCUT2D eigenvalue weighted by Crippen LogP contribution is 2.39. The lowest BCUT2D eigenvalue weighted by molar-refractivity contribution is -0.152. The number of nitrogens with zero attached hydrogens (tertiary/aromatic N) is 2. The number of pyridine rings is 1. The molecule has 1 saturated heterocycles. The molecule has 2 aromatic rings. The molecule has 1 fully saturated rings. The van der Waals surface area contributed by atoms with Gasteiger partial charge < -0.3 is 20.1 Å². The van der Waals surface area contributed by atoms with E-state index in [1.54, 1.807) is 0 Å². The number of carbonyl (C=O) groups is 4. The number of rotatable bonds is 6. The summed E-state index contributed by atoms with van der Waals surface area (Å²) in [6.45, 7) is -0.633. The van der Waals surface area contributed by atoms with E-state index < -0.39 is 42.1 Å². The number of methoxy groups -OCH3 is 1. The fraction of sp³-hybridized carbons (Fsp3) is 0.292. The van der Waals surface area contributed by atoms with Crippen LogP contribution in [-0.4, -0.2) is 59.3 Å². The number of aromatic nitrogens is 1. The van der Waals surface area contributed by atoms with E-state index in [4.69, 9.17) is 33.7 Å². The minimum atomic E-state index is -0.898. The van der Waals surface area contributed by atoms with Crippen LogP contribution in [0.15, 0.2) is 30.3 Å². The van der Waals surface area contributed by atoms with Crippen LogP contribution in [0.4, 0.5) is 10.1 Å². The van der Waals surface area contributed by atoms with Gasteiger partial charge in [-0.25, -0.2) is 19.0 Å². The number of ketones is 1. The Hall–Kier alpha value is -3.50. The Bertz CT molecular complexity index is 1310. The van der Waals surface area contributed by atoms with Crippen molar-refractivity contribution in [3.63, 3.8) is 0 Å². The van der Waals surface area contributed by atoms with Gasteiger partial charge in [-0.05, 0) is 49.1 Å². The molecule has 0 spiro atoms. The summed E-state index contributed by atoms with van der Waals surface area (Å²) in [6.07, 6.45) is 2.31. The molecule has 36 heavy (non-hydrogen) atoms. The maximum Gasteiger partial charge on any atom is 0.356 e. The summed E-state index contributed by atoms with van der Waals surface area (Å²) < 4.78 is 24.4. The number of fused-ring (bicyclic) bond motifs is 1. The largest absolute Gasteiger partial charge is 0.464 e. The molecule has 1 aromatic heterocycles. The topological polar surface area (TPSA) is 129 Å². The number of anilines is 1. The van der Waals surface area contributed by atoms with E-state index >= 15 is 0 Å². The van der Waals surface area contributed by atoms with Gasteiger partial charge in [-0.3, -0.25) is 9.59 Å². The summed E-state index contributed by atoms with van der Waals surface area (Å²) in [6, 6.07) is 4.09. The van der Waals surface area contributed by atoms with Crippen LogP contribution in [0, 0.1) is 5.82 Å². The highest BCUT2D eigenvalue weighted by molar-refractivity contribution is 6.33. The van der Waals surface area contributed by atoms with E-state index in [1.807, 2.05) is 0 Å². The van der Waals surface area contributed by atoms with E-state index in [2.05, 4.69) is 9.72 Å². The number of Topliss-reactive ketones (excluding diaryl/α,β-unsaturated/α-hetero) is 1. The van der Waals surface area contributed by atoms with Crippen LogP contribution >= 0.6 is 23.2 Å². The highest BCUT2D eigenvalue weighted by atomic mass is 35.5. The molecule has 1 aromatic carbocycles. The second-order valence-electron chi connectivity index (χ2n) is 8.25. The zero-order valence-electron chi connectivity index (χ0n) is 18.9. The predicted molar refractivity (Wildman–Crippen MR) is 128 cm³/mol. The molecule has 0 radical (unpaired) electrons. The van der Waals surface area contributed by atoms with Gasteiger partial charge in [-0.2, -0.15) is 0 Å². The second-order valence-corrected chi connectivity index (χ2v) is 9.01. The monoisotopic (exact) mass is 535 g/mol. The Morgan fingerprint density at radius 1 is 1.19 bits per heavy atom. The molecular weight excluding hydrogens is 516 g/mol. The van der Waals surface area contributed by atoms with Crippen molar-refractivity contribution in [1.29, 1.82) is 0 Å². The molecule has 1 amide bonds. The van der Waals surface area contributed by atoms with Crippen LogP contribution in [0.5, 0.6) is 0 Å². The quantitative estimate of drug-likeness (QED) is 0.257. The lowest BCUT2D eigenvalue weighted by atomic mass is 9.92. The van der Waals surface area contributed by atoms with Crippen molar-refractivity contribution in [2.75, 3.05) is 19.5 Å². The number of nitrogens with two attached hydrogens (primary N) is 1. The molecule has 0 saturated carbocycles. The number of hydrogen-bond donors (Lipinski definition) is 1. The van der Waals surface area contributed by atoms with Crippen LogP contribution in [0.2, 0.25) is 10.2 Å². The summed E-state index contributed by atoms with van der Waals surface area (Å²) in [7, 11) is 1.18. The number of benzene rings is 1. The molecular formula is C24H20Cl2FN3O6. The Morgan fingerprint density at radius 3 is 2.64 bits per heavy atom. The first-order valence-electron chi connectivity index (χ1n) is 10.8. The van der Waals surface area contributed by atoms with E-state index in [1.165, 1.54) is 42.4 Å². The molecule has 188 valence electrons. The molecule has 1 unspecified atom stereocenters. The number of hydrogen-bond acceptors (Lipinski definition) is 8. The number of esters is 2. The minimum Gasteiger partial charge on any atom is -0.464 e. The Labute approximate surface area is 214 Å². The van der Waals surface area contributed by atoms with E-state index in [0.717, 1.165) is 0 Å². The third-order valence-corrected chi connectivity index (χ3v) is 6.70. The molecule has 3 heterocycles. The fourth-order valence-corrected chi connectivity index (χ4v) is 4.84. The zero-order valence-corrected chi connectivity index (χ0v) is 20.4. The van der Waals surface area contributed by atoms with Crippen molar-refractivity contribution in [2.45, 2.75) is 31.3 Å². The number of amides is 1. The molecule has 4 rings (SSSR count). The first-order chi connectivity index (χ1) is 17.1. The third-order valence-electron chi connectivity index (χ3n) is 6.12. The van der Waals surface area contributed by atoms with Gasteiger partial charge in [-0.1, -0.05) is 23.2 Å². The van der Waals surface area contributed by atoms with Crippen LogP contribution in [0.3, 0.4) is 0 Å². The molecule has 2 atom stereocenters.